The average Bonchev–Trinajstić information content (AvgIpc) is 3.66. The van der Waals surface area contributed by atoms with Crippen molar-refractivity contribution in [3.63, 3.8) is 0 Å². The van der Waals surface area contributed by atoms with Gasteiger partial charge in [0.05, 0.1) is 0 Å². The first kappa shape index (κ1) is 46.8. The smallest absolute Gasteiger partial charge is 0.143 e. The molecule has 1 nitrogen and oxygen atoms in total. The minimum absolute atomic E-state index is 1.03. The second kappa shape index (κ2) is 26.5. The minimum atomic E-state index is 1.03. The fraction of sp³-hybridized carbons (Fsp3) is 0.222. The third kappa shape index (κ3) is 13.2. The Balaban J connectivity index is 0.000000327. The molecule has 0 spiro atoms. The van der Waals surface area contributed by atoms with Crippen LogP contribution in [-0.2, 0) is 6.42 Å². The Morgan fingerprint density at radius 1 is 0.696 bits per heavy atom. The van der Waals surface area contributed by atoms with Gasteiger partial charge in [0.1, 0.15) is 11.3 Å². The van der Waals surface area contributed by atoms with E-state index in [9.17, 15) is 0 Å². The maximum atomic E-state index is 6.35. The topological polar surface area (TPSA) is 13.1 Å². The summed E-state index contributed by atoms with van der Waals surface area (Å²) in [5.74, 6) is 1.03. The van der Waals surface area contributed by atoms with Crippen LogP contribution in [0, 0.1) is 6.92 Å². The molecular weight excluding hydrogens is 697 g/mol. The number of furan rings is 1. The maximum absolute atomic E-state index is 6.35. The van der Waals surface area contributed by atoms with Crippen LogP contribution < -0.4 is 0 Å². The predicted octanol–water partition coefficient (Wildman–Crippen LogP) is 17.2. The summed E-state index contributed by atoms with van der Waals surface area (Å²) in [7, 11) is 0. The van der Waals surface area contributed by atoms with Crippen molar-refractivity contribution in [1.82, 2.24) is 0 Å². The number of hydrogen-bond acceptors (Lipinski definition) is 2. The Bertz CT molecular complexity index is 2250. The van der Waals surface area contributed by atoms with Crippen molar-refractivity contribution >= 4 is 56.8 Å². The van der Waals surface area contributed by atoms with Crippen LogP contribution in [0.25, 0.3) is 55.3 Å². The molecule has 292 valence electrons. The number of hydrogen-bond donors (Lipinski definition) is 1. The number of thiol groups is 1. The molecular formula is C54H64OS. The fourth-order valence-electron chi connectivity index (χ4n) is 6.07. The van der Waals surface area contributed by atoms with Gasteiger partial charge in [-0.25, -0.2) is 0 Å². The van der Waals surface area contributed by atoms with Gasteiger partial charge in [-0.2, -0.15) is 12.6 Å². The van der Waals surface area contributed by atoms with Gasteiger partial charge >= 0.3 is 0 Å². The Hall–Kier alpha value is -5.31. The summed E-state index contributed by atoms with van der Waals surface area (Å²) in [6, 6.07) is 34.8. The van der Waals surface area contributed by atoms with Crippen LogP contribution in [0.15, 0.2) is 174 Å². The highest BCUT2D eigenvalue weighted by Crippen LogP contribution is 2.39. The lowest BCUT2D eigenvalue weighted by Crippen LogP contribution is -1.89. The van der Waals surface area contributed by atoms with Gasteiger partial charge in [-0.05, 0) is 104 Å². The molecule has 7 rings (SSSR count). The Morgan fingerprint density at radius 2 is 1.34 bits per heavy atom. The molecule has 0 unspecified atom stereocenters. The zero-order valence-corrected chi connectivity index (χ0v) is 36.5. The van der Waals surface area contributed by atoms with E-state index in [1.54, 1.807) is 12.3 Å². The summed E-state index contributed by atoms with van der Waals surface area (Å²) in [6.45, 7) is 21.8. The number of rotatable bonds is 6. The second-order valence-corrected chi connectivity index (χ2v) is 12.4. The van der Waals surface area contributed by atoms with E-state index in [2.05, 4.69) is 174 Å². The van der Waals surface area contributed by atoms with Crippen molar-refractivity contribution in [2.45, 2.75) is 75.2 Å². The summed E-state index contributed by atoms with van der Waals surface area (Å²) in [5, 5.41) is 6.24. The molecule has 1 heterocycles. The van der Waals surface area contributed by atoms with E-state index in [1.807, 2.05) is 65.0 Å². The largest absolute Gasteiger partial charge is 0.456 e. The first-order chi connectivity index (χ1) is 27.5. The maximum Gasteiger partial charge on any atom is 0.143 e. The third-order valence-electron chi connectivity index (χ3n) is 8.95. The van der Waals surface area contributed by atoms with E-state index in [4.69, 9.17) is 4.42 Å². The van der Waals surface area contributed by atoms with Crippen molar-refractivity contribution in [3.05, 3.63) is 192 Å². The summed E-state index contributed by atoms with van der Waals surface area (Å²) in [6.07, 6.45) is 26.2. The highest BCUT2D eigenvalue weighted by atomic mass is 32.1. The molecule has 0 N–H and O–H groups in total. The molecule has 0 radical (unpaired) electrons. The van der Waals surface area contributed by atoms with E-state index >= 15 is 0 Å². The Morgan fingerprint density at radius 3 is 1.98 bits per heavy atom. The number of aryl methyl sites for hydroxylation is 2. The van der Waals surface area contributed by atoms with Crippen LogP contribution in [0.5, 0.6) is 0 Å². The Labute approximate surface area is 344 Å². The molecule has 0 saturated carbocycles. The lowest BCUT2D eigenvalue weighted by atomic mass is 9.94. The quantitative estimate of drug-likeness (QED) is 0.101. The standard InChI is InChI=1S/C27H20O.C15H18.C7H10.2C2H6.CH4S/c1-17-6-8-18(9-7-17)20-13-14-22-21(16-20)11-10-19-12-15-24-23-4-2-3-5-25(23)28-27(24)26(19)22;1-4-13(3)11-12-14(5-2)15-9-7-6-8-10-15;1-3-5-7-6-4-2;3*1-2/h3,5-16H,2,4H2,1H3;4-12H,1-3H3;3-7H,1H2,2H3;2*1-2H3;2H,1H3/b;12-11-,13-4-,14-5+;6-4-,7-5-;;;. The van der Waals surface area contributed by atoms with Crippen molar-refractivity contribution in [3.8, 4) is 11.1 Å². The molecule has 0 atom stereocenters. The summed E-state index contributed by atoms with van der Waals surface area (Å²) >= 11 is 3.53. The molecule has 1 aliphatic carbocycles. The molecule has 0 amide bonds. The Kier molecular flexibility index (Phi) is 22.2. The van der Waals surface area contributed by atoms with Crippen LogP contribution in [0.3, 0.4) is 0 Å². The van der Waals surface area contributed by atoms with Crippen LogP contribution in [0.4, 0.5) is 0 Å². The fourth-order valence-corrected chi connectivity index (χ4v) is 6.07. The van der Waals surface area contributed by atoms with Gasteiger partial charge in [-0.1, -0.05) is 197 Å². The van der Waals surface area contributed by atoms with E-state index in [0.717, 1.165) is 24.2 Å². The van der Waals surface area contributed by atoms with Crippen molar-refractivity contribution < 1.29 is 4.42 Å². The number of benzene rings is 5. The number of fused-ring (bicyclic) bond motifs is 7. The molecule has 0 saturated heterocycles. The van der Waals surface area contributed by atoms with E-state index < -0.39 is 0 Å². The molecule has 2 heteroatoms. The van der Waals surface area contributed by atoms with Gasteiger partial charge in [0.15, 0.2) is 0 Å². The normalized spacial score (nSPS) is 12.1. The van der Waals surface area contributed by atoms with Crippen LogP contribution in [0.2, 0.25) is 0 Å². The molecule has 6 aromatic rings. The van der Waals surface area contributed by atoms with Crippen LogP contribution in [0.1, 0.15) is 84.3 Å². The zero-order valence-electron chi connectivity index (χ0n) is 35.6. The van der Waals surface area contributed by atoms with Crippen molar-refractivity contribution in [1.29, 1.82) is 0 Å². The van der Waals surface area contributed by atoms with Gasteiger partial charge in [0.2, 0.25) is 0 Å². The van der Waals surface area contributed by atoms with Crippen LogP contribution >= 0.6 is 12.6 Å². The van der Waals surface area contributed by atoms with E-state index in [1.165, 1.54) is 65.9 Å². The first-order valence-electron chi connectivity index (χ1n) is 20.0. The lowest BCUT2D eigenvalue weighted by molar-refractivity contribution is 0.598. The average molecular weight is 761 g/mol. The van der Waals surface area contributed by atoms with E-state index in [0.29, 0.717) is 0 Å². The molecule has 1 aromatic heterocycles. The van der Waals surface area contributed by atoms with Gasteiger partial charge in [-0.15, -0.1) is 0 Å². The first-order valence-corrected chi connectivity index (χ1v) is 20.9. The molecule has 1 aliphatic rings. The van der Waals surface area contributed by atoms with Gasteiger partial charge in [0, 0.05) is 16.3 Å². The van der Waals surface area contributed by atoms with Gasteiger partial charge < -0.3 is 4.42 Å². The van der Waals surface area contributed by atoms with Gasteiger partial charge in [0.25, 0.3) is 0 Å². The molecule has 0 aliphatic heterocycles. The van der Waals surface area contributed by atoms with Gasteiger partial charge in [-0.3, -0.25) is 0 Å². The molecule has 5 aromatic carbocycles. The highest BCUT2D eigenvalue weighted by Gasteiger charge is 2.17. The molecule has 0 bridgehead atoms. The second-order valence-electron chi connectivity index (χ2n) is 12.4. The summed E-state index contributed by atoms with van der Waals surface area (Å²) in [4.78, 5) is 0. The minimum Gasteiger partial charge on any atom is -0.456 e. The van der Waals surface area contributed by atoms with Crippen molar-refractivity contribution in [2.24, 2.45) is 0 Å². The zero-order chi connectivity index (χ0) is 41.3. The lowest BCUT2D eigenvalue weighted by Gasteiger charge is -2.08. The predicted molar refractivity (Wildman–Crippen MR) is 259 cm³/mol. The third-order valence-corrected chi connectivity index (χ3v) is 8.95. The summed E-state index contributed by atoms with van der Waals surface area (Å²) in [5.41, 5.74) is 9.98. The van der Waals surface area contributed by atoms with E-state index in [-0.39, 0.29) is 0 Å². The number of allylic oxidation sites excluding steroid dienone is 12. The van der Waals surface area contributed by atoms with Crippen molar-refractivity contribution in [2.75, 3.05) is 6.26 Å². The molecule has 0 fully saturated rings. The highest BCUT2D eigenvalue weighted by molar-refractivity contribution is 7.79. The van der Waals surface area contributed by atoms with Crippen LogP contribution in [-0.4, -0.2) is 6.26 Å². The summed E-state index contributed by atoms with van der Waals surface area (Å²) < 4.78 is 6.35. The monoisotopic (exact) mass is 760 g/mol. The molecule has 56 heavy (non-hydrogen) atoms. The SMILES string of the molecule is C=C/C=C\C=C/C.CC.CC.CS.C\C=C(C)/C=C\C(=C/C)c1ccccc1.Cc1ccc(-c2ccc3c(ccc4ccc5c6c(oc5c43)C=CCC6)c2)cc1.